The summed E-state index contributed by atoms with van der Waals surface area (Å²) in [5.41, 5.74) is 1.45. The average molecular weight is 481 g/mol. The van der Waals surface area contributed by atoms with Gasteiger partial charge in [0.25, 0.3) is 0 Å². The molecule has 1 fully saturated rings. The Hall–Kier alpha value is -1.90. The highest BCUT2D eigenvalue weighted by Crippen LogP contribution is 2.28. The molecule has 2 aromatic rings. The number of aryl methyl sites for hydroxylation is 1. The maximum atomic E-state index is 13.1. The molecule has 0 aromatic heterocycles. The Balaban J connectivity index is 1.75. The second-order valence-electron chi connectivity index (χ2n) is 7.03. The summed E-state index contributed by atoms with van der Waals surface area (Å²) in [4.78, 5) is 13.0. The van der Waals surface area contributed by atoms with Gasteiger partial charge in [-0.1, -0.05) is 12.1 Å². The first-order valence-electron chi connectivity index (χ1n) is 9.62. The van der Waals surface area contributed by atoms with Crippen molar-refractivity contribution in [1.82, 2.24) is 4.31 Å². The molecule has 3 rings (SSSR count). The number of piperidine rings is 1. The molecule has 8 heteroatoms. The van der Waals surface area contributed by atoms with Crippen LogP contribution in [-0.2, 0) is 14.8 Å². The molecule has 0 bridgehead atoms. The van der Waals surface area contributed by atoms with Crippen molar-refractivity contribution in [3.05, 3.63) is 52.5 Å². The lowest BCUT2D eigenvalue weighted by Crippen LogP contribution is -2.43. The average Bonchev–Trinajstić information content (AvgIpc) is 2.71. The molecule has 0 radical (unpaired) electrons. The van der Waals surface area contributed by atoms with Gasteiger partial charge in [0.1, 0.15) is 5.75 Å². The first-order valence-corrected chi connectivity index (χ1v) is 11.8. The number of nitrogens with zero attached hydrogens (tertiary/aromatic N) is 1. The van der Waals surface area contributed by atoms with E-state index in [1.165, 1.54) is 4.31 Å². The van der Waals surface area contributed by atoms with Gasteiger partial charge in [0, 0.05) is 17.6 Å². The molecular formula is C21H25BrN2O4S. The maximum absolute atomic E-state index is 13.1. The fourth-order valence-corrected chi connectivity index (χ4v) is 5.41. The zero-order chi connectivity index (χ0) is 21.0. The number of hydrogen-bond donors (Lipinski definition) is 1. The molecule has 1 amide bonds. The smallest absolute Gasteiger partial charge is 0.243 e. The number of sulfonamides is 1. The summed E-state index contributed by atoms with van der Waals surface area (Å²) in [6.07, 6.45) is 1.30. The summed E-state index contributed by atoms with van der Waals surface area (Å²) in [5, 5.41) is 2.90. The van der Waals surface area contributed by atoms with Gasteiger partial charge in [0.15, 0.2) is 0 Å². The van der Waals surface area contributed by atoms with E-state index in [1.54, 1.807) is 18.2 Å². The van der Waals surface area contributed by atoms with Gasteiger partial charge in [0.05, 0.1) is 23.1 Å². The van der Waals surface area contributed by atoms with Crippen LogP contribution in [0.3, 0.4) is 0 Å². The van der Waals surface area contributed by atoms with Gasteiger partial charge >= 0.3 is 0 Å². The second-order valence-corrected chi connectivity index (χ2v) is 9.82. The normalized spacial score (nSPS) is 17.7. The SMILES string of the molecule is CCOc1ccc(S(=O)(=O)N2CCC[C@@H](C(=O)Nc3ccccc3Br)C2)cc1C. The first kappa shape index (κ1) is 21.8. The number of carbonyl (C=O) groups is 1. The highest BCUT2D eigenvalue weighted by Gasteiger charge is 2.33. The molecule has 0 saturated carbocycles. The predicted octanol–water partition coefficient (Wildman–Crippen LogP) is 4.20. The zero-order valence-corrected chi connectivity index (χ0v) is 18.9. The minimum absolute atomic E-state index is 0.167. The van der Waals surface area contributed by atoms with E-state index in [1.807, 2.05) is 38.1 Å². The lowest BCUT2D eigenvalue weighted by atomic mass is 9.99. The van der Waals surface area contributed by atoms with E-state index in [4.69, 9.17) is 4.74 Å². The summed E-state index contributed by atoms with van der Waals surface area (Å²) in [6, 6.07) is 12.2. The molecule has 1 aliphatic heterocycles. The number of halogens is 1. The van der Waals surface area contributed by atoms with E-state index in [9.17, 15) is 13.2 Å². The van der Waals surface area contributed by atoms with E-state index in [0.717, 1.165) is 10.0 Å². The molecule has 29 heavy (non-hydrogen) atoms. The van der Waals surface area contributed by atoms with Crippen LogP contribution in [0.1, 0.15) is 25.3 Å². The number of benzene rings is 2. The Morgan fingerprint density at radius 2 is 2.03 bits per heavy atom. The summed E-state index contributed by atoms with van der Waals surface area (Å²) >= 11 is 3.42. The van der Waals surface area contributed by atoms with Crippen LogP contribution in [0.4, 0.5) is 5.69 Å². The number of rotatable bonds is 6. The molecule has 0 spiro atoms. The van der Waals surface area contributed by atoms with Crippen molar-refractivity contribution in [2.45, 2.75) is 31.6 Å². The highest BCUT2D eigenvalue weighted by atomic mass is 79.9. The number of hydrogen-bond acceptors (Lipinski definition) is 4. The highest BCUT2D eigenvalue weighted by molar-refractivity contribution is 9.10. The molecule has 156 valence electrons. The predicted molar refractivity (Wildman–Crippen MR) is 117 cm³/mol. The Morgan fingerprint density at radius 3 is 2.72 bits per heavy atom. The third-order valence-corrected chi connectivity index (χ3v) is 7.52. The van der Waals surface area contributed by atoms with Gasteiger partial charge in [-0.2, -0.15) is 4.31 Å². The van der Waals surface area contributed by atoms with Gasteiger partial charge in [-0.3, -0.25) is 4.79 Å². The molecular weight excluding hydrogens is 456 g/mol. The molecule has 2 aromatic carbocycles. The number of carbonyl (C=O) groups excluding carboxylic acids is 1. The number of ether oxygens (including phenoxy) is 1. The van der Waals surface area contributed by atoms with Crippen molar-refractivity contribution in [3.8, 4) is 5.75 Å². The Morgan fingerprint density at radius 1 is 1.28 bits per heavy atom. The summed E-state index contributed by atoms with van der Waals surface area (Å²) < 4.78 is 34.0. The topological polar surface area (TPSA) is 75.7 Å². The van der Waals surface area contributed by atoms with Gasteiger partial charge in [0.2, 0.25) is 15.9 Å². The van der Waals surface area contributed by atoms with Gasteiger partial charge in [-0.25, -0.2) is 8.42 Å². The second kappa shape index (κ2) is 9.28. The molecule has 6 nitrogen and oxygen atoms in total. The number of anilines is 1. The lowest BCUT2D eigenvalue weighted by molar-refractivity contribution is -0.120. The zero-order valence-electron chi connectivity index (χ0n) is 16.5. The van der Waals surface area contributed by atoms with Gasteiger partial charge in [-0.05, 0) is 78.5 Å². The van der Waals surface area contributed by atoms with Crippen LogP contribution in [0.5, 0.6) is 5.75 Å². The molecule has 1 saturated heterocycles. The van der Waals surface area contributed by atoms with E-state index in [-0.39, 0.29) is 17.3 Å². The van der Waals surface area contributed by atoms with Crippen molar-refractivity contribution < 1.29 is 17.9 Å². The molecule has 0 unspecified atom stereocenters. The fraction of sp³-hybridized carbons (Fsp3) is 0.381. The standard InChI is InChI=1S/C21H25BrN2O4S/c1-3-28-20-11-10-17(13-15(20)2)29(26,27)24-12-6-7-16(14-24)21(25)23-19-9-5-4-8-18(19)22/h4-5,8-11,13,16H,3,6-7,12,14H2,1-2H3,(H,23,25)/t16-/m1/s1. The first-order chi connectivity index (χ1) is 13.8. The minimum Gasteiger partial charge on any atom is -0.494 e. The molecule has 0 aliphatic carbocycles. The summed E-state index contributed by atoms with van der Waals surface area (Å²) in [6.45, 7) is 4.82. The monoisotopic (exact) mass is 480 g/mol. The Kier molecular flexibility index (Phi) is 6.97. The third kappa shape index (κ3) is 4.99. The van der Waals surface area contributed by atoms with Crippen LogP contribution in [0.2, 0.25) is 0 Å². The van der Waals surface area contributed by atoms with Crippen LogP contribution in [0, 0.1) is 12.8 Å². The van der Waals surface area contributed by atoms with Crippen LogP contribution < -0.4 is 10.1 Å². The van der Waals surface area contributed by atoms with E-state index in [2.05, 4.69) is 21.2 Å². The van der Waals surface area contributed by atoms with Crippen LogP contribution >= 0.6 is 15.9 Å². The van der Waals surface area contributed by atoms with Crippen molar-refractivity contribution in [3.63, 3.8) is 0 Å². The quantitative estimate of drug-likeness (QED) is 0.671. The molecule has 1 atom stereocenters. The van der Waals surface area contributed by atoms with Crippen LogP contribution in [-0.4, -0.2) is 38.3 Å². The maximum Gasteiger partial charge on any atom is 0.243 e. The van der Waals surface area contributed by atoms with E-state index < -0.39 is 15.9 Å². The summed E-state index contributed by atoms with van der Waals surface area (Å²) in [7, 11) is -3.68. The van der Waals surface area contributed by atoms with E-state index >= 15 is 0 Å². The van der Waals surface area contributed by atoms with Gasteiger partial charge < -0.3 is 10.1 Å². The number of para-hydroxylation sites is 1. The summed E-state index contributed by atoms with van der Waals surface area (Å²) in [5.74, 6) is 0.116. The van der Waals surface area contributed by atoms with Crippen molar-refractivity contribution in [2.75, 3.05) is 25.0 Å². The van der Waals surface area contributed by atoms with Crippen LogP contribution in [0.15, 0.2) is 51.8 Å². The van der Waals surface area contributed by atoms with Crippen LogP contribution in [0.25, 0.3) is 0 Å². The third-order valence-electron chi connectivity index (χ3n) is 4.97. The van der Waals surface area contributed by atoms with E-state index in [0.29, 0.717) is 37.4 Å². The number of nitrogens with one attached hydrogen (secondary N) is 1. The van der Waals surface area contributed by atoms with Gasteiger partial charge in [-0.15, -0.1) is 0 Å². The fourth-order valence-electron chi connectivity index (χ4n) is 3.42. The minimum atomic E-state index is -3.68. The van der Waals surface area contributed by atoms with Crippen molar-refractivity contribution >= 4 is 37.5 Å². The Labute approximate surface area is 180 Å². The largest absolute Gasteiger partial charge is 0.494 e. The number of amides is 1. The lowest BCUT2D eigenvalue weighted by Gasteiger charge is -2.31. The Bertz CT molecular complexity index is 994. The molecule has 1 N–H and O–H groups in total. The van der Waals surface area contributed by atoms with Crippen molar-refractivity contribution in [1.29, 1.82) is 0 Å². The molecule has 1 aliphatic rings. The van der Waals surface area contributed by atoms with Crippen molar-refractivity contribution in [2.24, 2.45) is 5.92 Å². The molecule has 1 heterocycles.